The lowest BCUT2D eigenvalue weighted by Crippen LogP contribution is -2.49. The van der Waals surface area contributed by atoms with Crippen LogP contribution < -0.4 is 5.56 Å². The summed E-state index contributed by atoms with van der Waals surface area (Å²) in [6.07, 6.45) is 6.91. The number of carbonyl (C=O) groups is 1. The molecule has 0 unspecified atom stereocenters. The molecule has 7 heteroatoms. The molecule has 1 aliphatic carbocycles. The van der Waals surface area contributed by atoms with E-state index in [9.17, 15) is 9.59 Å². The molecule has 1 amide bonds. The summed E-state index contributed by atoms with van der Waals surface area (Å²) in [5.74, 6) is 0.0878. The molecule has 29 heavy (non-hydrogen) atoms. The van der Waals surface area contributed by atoms with Crippen molar-refractivity contribution in [1.29, 1.82) is 0 Å². The van der Waals surface area contributed by atoms with E-state index in [0.29, 0.717) is 19.6 Å². The highest BCUT2D eigenvalue weighted by Gasteiger charge is 2.23. The van der Waals surface area contributed by atoms with Gasteiger partial charge in [-0.15, -0.1) is 0 Å². The van der Waals surface area contributed by atoms with Crippen LogP contribution in [0.1, 0.15) is 28.0 Å². The number of aryl methyl sites for hydroxylation is 2. The first-order valence-electron chi connectivity index (χ1n) is 10.4. The Morgan fingerprint density at radius 2 is 1.90 bits per heavy atom. The molecule has 1 aliphatic heterocycles. The third kappa shape index (κ3) is 3.58. The van der Waals surface area contributed by atoms with E-state index < -0.39 is 0 Å². The van der Waals surface area contributed by atoms with Crippen molar-refractivity contribution in [2.24, 2.45) is 0 Å². The molecule has 0 atom stereocenters. The second-order valence-corrected chi connectivity index (χ2v) is 7.93. The number of fused-ring (bicyclic) bond motifs is 2. The van der Waals surface area contributed by atoms with Crippen LogP contribution in [0.15, 0.2) is 47.5 Å². The Labute approximate surface area is 169 Å². The van der Waals surface area contributed by atoms with Crippen molar-refractivity contribution in [3.8, 4) is 0 Å². The van der Waals surface area contributed by atoms with Gasteiger partial charge in [-0.05, 0) is 43.0 Å². The van der Waals surface area contributed by atoms with Gasteiger partial charge in [0.15, 0.2) is 0 Å². The zero-order chi connectivity index (χ0) is 19.8. The molecule has 0 N–H and O–H groups in total. The fourth-order valence-electron chi connectivity index (χ4n) is 4.37. The summed E-state index contributed by atoms with van der Waals surface area (Å²) < 4.78 is 3.58. The molecular formula is C22H25N5O2. The van der Waals surface area contributed by atoms with Crippen LogP contribution in [0.3, 0.4) is 0 Å². The molecular weight excluding hydrogens is 366 g/mol. The lowest BCUT2D eigenvalue weighted by atomic mass is 10.2. The number of pyridine rings is 1. The summed E-state index contributed by atoms with van der Waals surface area (Å²) in [4.78, 5) is 29.3. The van der Waals surface area contributed by atoms with Crippen molar-refractivity contribution < 1.29 is 4.79 Å². The normalized spacial score (nSPS) is 17.0. The molecule has 3 aromatic rings. The van der Waals surface area contributed by atoms with Gasteiger partial charge < -0.3 is 9.30 Å². The molecule has 2 aliphatic rings. The zero-order valence-electron chi connectivity index (χ0n) is 16.5. The number of carbonyl (C=O) groups excluding carboxylic acids is 1. The van der Waals surface area contributed by atoms with Gasteiger partial charge in [-0.2, -0.15) is 5.10 Å². The maximum atomic E-state index is 12.8. The van der Waals surface area contributed by atoms with E-state index in [-0.39, 0.29) is 11.5 Å². The van der Waals surface area contributed by atoms with Gasteiger partial charge in [0.25, 0.3) is 11.5 Å². The number of hydrogen-bond donors (Lipinski definition) is 0. The maximum absolute atomic E-state index is 12.8. The Morgan fingerprint density at radius 3 is 2.72 bits per heavy atom. The van der Waals surface area contributed by atoms with Gasteiger partial charge in [0.2, 0.25) is 0 Å². The average molecular weight is 391 g/mol. The summed E-state index contributed by atoms with van der Waals surface area (Å²) in [5, 5.41) is 4.55. The van der Waals surface area contributed by atoms with Gasteiger partial charge in [-0.1, -0.05) is 6.07 Å². The lowest BCUT2D eigenvalue weighted by molar-refractivity contribution is 0.0631. The Bertz CT molecular complexity index is 1070. The van der Waals surface area contributed by atoms with Crippen molar-refractivity contribution >= 4 is 11.4 Å². The monoisotopic (exact) mass is 391 g/mol. The highest BCUT2D eigenvalue weighted by Crippen LogP contribution is 2.17. The van der Waals surface area contributed by atoms with Crippen molar-refractivity contribution in [3.63, 3.8) is 0 Å². The van der Waals surface area contributed by atoms with Gasteiger partial charge in [0, 0.05) is 56.7 Å². The van der Waals surface area contributed by atoms with Crippen molar-refractivity contribution in [1.82, 2.24) is 24.0 Å². The van der Waals surface area contributed by atoms with E-state index in [0.717, 1.165) is 61.2 Å². The van der Waals surface area contributed by atoms with Gasteiger partial charge >= 0.3 is 0 Å². The Morgan fingerprint density at radius 1 is 1.03 bits per heavy atom. The smallest absolute Gasteiger partial charge is 0.267 e. The van der Waals surface area contributed by atoms with E-state index in [1.165, 1.54) is 0 Å². The molecule has 5 rings (SSSR count). The van der Waals surface area contributed by atoms with Gasteiger partial charge in [0.05, 0.1) is 17.8 Å². The lowest BCUT2D eigenvalue weighted by Gasteiger charge is -2.34. The SMILES string of the molecule is O=C(c1cc2ccccn2c1)N1CCN(CCn2nc3c(cc2=O)CCC3)CC1. The number of piperazine rings is 1. The quantitative estimate of drug-likeness (QED) is 0.675. The molecule has 0 bridgehead atoms. The molecule has 0 aromatic carbocycles. The van der Waals surface area contributed by atoms with E-state index in [2.05, 4.69) is 10.00 Å². The molecule has 1 fully saturated rings. The summed E-state index contributed by atoms with van der Waals surface area (Å²) in [6.45, 7) is 4.43. The Balaban J connectivity index is 1.17. The topological polar surface area (TPSA) is 62.9 Å². The highest BCUT2D eigenvalue weighted by molar-refractivity contribution is 5.95. The molecule has 0 radical (unpaired) electrons. The van der Waals surface area contributed by atoms with Crippen LogP contribution in [0.5, 0.6) is 0 Å². The van der Waals surface area contributed by atoms with Crippen LogP contribution >= 0.6 is 0 Å². The summed E-state index contributed by atoms with van der Waals surface area (Å²) in [6, 6.07) is 9.64. The Hall–Kier alpha value is -2.93. The fraction of sp³-hybridized carbons (Fsp3) is 0.409. The van der Waals surface area contributed by atoms with Crippen molar-refractivity contribution in [2.75, 3.05) is 32.7 Å². The number of aromatic nitrogens is 3. The molecule has 4 heterocycles. The maximum Gasteiger partial charge on any atom is 0.267 e. The predicted octanol–water partition coefficient (Wildman–Crippen LogP) is 1.44. The summed E-state index contributed by atoms with van der Waals surface area (Å²) in [5.41, 5.74) is 3.97. The first-order valence-corrected chi connectivity index (χ1v) is 10.4. The van der Waals surface area contributed by atoms with Crippen LogP contribution in [0, 0.1) is 0 Å². The number of amides is 1. The molecule has 0 spiro atoms. The second-order valence-electron chi connectivity index (χ2n) is 7.93. The minimum absolute atomic E-state index is 0.000220. The third-order valence-corrected chi connectivity index (χ3v) is 6.06. The van der Waals surface area contributed by atoms with Crippen LogP contribution in [-0.2, 0) is 19.4 Å². The van der Waals surface area contributed by atoms with Crippen LogP contribution in [0.4, 0.5) is 0 Å². The number of hydrogen-bond acceptors (Lipinski definition) is 4. The third-order valence-electron chi connectivity index (χ3n) is 6.06. The van der Waals surface area contributed by atoms with Gasteiger partial charge in [-0.3, -0.25) is 14.5 Å². The van der Waals surface area contributed by atoms with Crippen molar-refractivity contribution in [3.05, 3.63) is 69.9 Å². The molecule has 3 aromatic heterocycles. The highest BCUT2D eigenvalue weighted by atomic mass is 16.2. The van der Waals surface area contributed by atoms with Gasteiger partial charge in [0.1, 0.15) is 0 Å². The van der Waals surface area contributed by atoms with Crippen molar-refractivity contribution in [2.45, 2.75) is 25.8 Å². The van der Waals surface area contributed by atoms with E-state index in [4.69, 9.17) is 0 Å². The van der Waals surface area contributed by atoms with E-state index in [1.54, 1.807) is 10.7 Å². The first-order chi connectivity index (χ1) is 14.2. The standard InChI is InChI=1S/C22H25N5O2/c28-21-15-17-4-3-6-20(17)23-27(21)13-10-24-8-11-25(12-9-24)22(29)18-14-19-5-1-2-7-26(19)16-18/h1-2,5,7,14-16H,3-4,6,8-13H2. The summed E-state index contributed by atoms with van der Waals surface area (Å²) in [7, 11) is 0. The zero-order valence-corrected chi connectivity index (χ0v) is 16.5. The molecule has 7 nitrogen and oxygen atoms in total. The number of rotatable bonds is 4. The predicted molar refractivity (Wildman–Crippen MR) is 110 cm³/mol. The summed E-state index contributed by atoms with van der Waals surface area (Å²) >= 11 is 0. The average Bonchev–Trinajstić information content (AvgIpc) is 3.38. The van der Waals surface area contributed by atoms with E-state index in [1.807, 2.05) is 46.0 Å². The van der Waals surface area contributed by atoms with Crippen LogP contribution in [-0.4, -0.2) is 62.6 Å². The fourth-order valence-corrected chi connectivity index (χ4v) is 4.37. The molecule has 1 saturated heterocycles. The number of nitrogens with zero attached hydrogens (tertiary/aromatic N) is 5. The second kappa shape index (κ2) is 7.48. The first kappa shape index (κ1) is 18.1. The van der Waals surface area contributed by atoms with Gasteiger partial charge in [-0.25, -0.2) is 4.68 Å². The van der Waals surface area contributed by atoms with E-state index >= 15 is 0 Å². The Kier molecular flexibility index (Phi) is 4.67. The largest absolute Gasteiger partial charge is 0.336 e. The van der Waals surface area contributed by atoms with Crippen LogP contribution in [0.2, 0.25) is 0 Å². The van der Waals surface area contributed by atoms with Crippen LogP contribution in [0.25, 0.3) is 5.52 Å². The minimum Gasteiger partial charge on any atom is -0.336 e. The molecule has 0 saturated carbocycles. The molecule has 150 valence electrons. The minimum atomic E-state index is 0.000220.